The minimum Gasteiger partial charge on any atom is -0.335 e. The molecule has 1 fully saturated rings. The SMILES string of the molecule is Cc1nccn1CC1CCN([C@H](C)C(=O)Nc2ccccn2)CC1. The van der Waals surface area contributed by atoms with Crippen molar-refractivity contribution in [2.45, 2.75) is 39.3 Å². The third-order valence-electron chi connectivity index (χ3n) is 4.87. The second-order valence-electron chi connectivity index (χ2n) is 6.49. The number of nitrogens with zero attached hydrogens (tertiary/aromatic N) is 4. The van der Waals surface area contributed by atoms with Crippen LogP contribution in [0.4, 0.5) is 5.82 Å². The molecule has 1 aliphatic heterocycles. The minimum atomic E-state index is -0.136. The molecule has 128 valence electrons. The van der Waals surface area contributed by atoms with Crippen LogP contribution in [0.15, 0.2) is 36.8 Å². The first-order valence-corrected chi connectivity index (χ1v) is 8.57. The molecule has 0 unspecified atom stereocenters. The fraction of sp³-hybridized carbons (Fsp3) is 0.500. The largest absolute Gasteiger partial charge is 0.335 e. The van der Waals surface area contributed by atoms with Crippen molar-refractivity contribution in [2.24, 2.45) is 5.92 Å². The highest BCUT2D eigenvalue weighted by Crippen LogP contribution is 2.21. The van der Waals surface area contributed by atoms with Gasteiger partial charge in [-0.25, -0.2) is 9.97 Å². The van der Waals surface area contributed by atoms with E-state index in [1.54, 1.807) is 6.20 Å². The third-order valence-corrected chi connectivity index (χ3v) is 4.87. The molecule has 6 heteroatoms. The molecular weight excluding hydrogens is 302 g/mol. The summed E-state index contributed by atoms with van der Waals surface area (Å²) in [7, 11) is 0. The molecule has 1 atom stereocenters. The molecule has 2 aromatic rings. The molecule has 1 saturated heterocycles. The number of imidazole rings is 1. The second kappa shape index (κ2) is 7.57. The second-order valence-corrected chi connectivity index (χ2v) is 6.49. The zero-order valence-corrected chi connectivity index (χ0v) is 14.4. The Morgan fingerprint density at radius 3 is 2.71 bits per heavy atom. The van der Waals surface area contributed by atoms with E-state index in [-0.39, 0.29) is 11.9 Å². The van der Waals surface area contributed by atoms with Crippen molar-refractivity contribution in [1.29, 1.82) is 0 Å². The van der Waals surface area contributed by atoms with Gasteiger partial charge in [-0.3, -0.25) is 9.69 Å². The van der Waals surface area contributed by atoms with E-state index in [1.165, 1.54) is 0 Å². The van der Waals surface area contributed by atoms with Gasteiger partial charge < -0.3 is 9.88 Å². The summed E-state index contributed by atoms with van der Waals surface area (Å²) in [6.45, 7) is 6.94. The highest BCUT2D eigenvalue weighted by atomic mass is 16.2. The van der Waals surface area contributed by atoms with Crippen LogP contribution in [0.2, 0.25) is 0 Å². The molecule has 0 radical (unpaired) electrons. The van der Waals surface area contributed by atoms with Crippen molar-refractivity contribution in [3.8, 4) is 0 Å². The van der Waals surface area contributed by atoms with Gasteiger partial charge in [-0.05, 0) is 57.8 Å². The van der Waals surface area contributed by atoms with Crippen molar-refractivity contribution in [3.05, 3.63) is 42.6 Å². The number of aryl methyl sites for hydroxylation is 1. The first-order valence-electron chi connectivity index (χ1n) is 8.57. The predicted molar refractivity (Wildman–Crippen MR) is 93.6 cm³/mol. The number of rotatable bonds is 5. The quantitative estimate of drug-likeness (QED) is 0.915. The van der Waals surface area contributed by atoms with Crippen molar-refractivity contribution < 1.29 is 4.79 Å². The number of likely N-dealkylation sites (tertiary alicyclic amines) is 1. The number of pyridine rings is 1. The van der Waals surface area contributed by atoms with E-state index in [0.717, 1.165) is 38.3 Å². The first kappa shape index (κ1) is 16.6. The van der Waals surface area contributed by atoms with Gasteiger partial charge in [0.15, 0.2) is 0 Å². The summed E-state index contributed by atoms with van der Waals surface area (Å²) in [6.07, 6.45) is 7.81. The van der Waals surface area contributed by atoms with Crippen molar-refractivity contribution in [2.75, 3.05) is 18.4 Å². The van der Waals surface area contributed by atoms with Gasteiger partial charge in [-0.15, -0.1) is 0 Å². The van der Waals surface area contributed by atoms with Gasteiger partial charge in [0, 0.05) is 25.1 Å². The van der Waals surface area contributed by atoms with Crippen molar-refractivity contribution in [3.63, 3.8) is 0 Å². The monoisotopic (exact) mass is 327 g/mol. The lowest BCUT2D eigenvalue weighted by Crippen LogP contribution is -2.46. The Kier molecular flexibility index (Phi) is 5.25. The summed E-state index contributed by atoms with van der Waals surface area (Å²) in [5, 5.41) is 2.89. The zero-order valence-electron chi connectivity index (χ0n) is 14.4. The fourth-order valence-electron chi connectivity index (χ4n) is 3.23. The number of hydrogen-bond acceptors (Lipinski definition) is 4. The van der Waals surface area contributed by atoms with Crippen LogP contribution in [-0.2, 0) is 11.3 Å². The maximum absolute atomic E-state index is 12.4. The van der Waals surface area contributed by atoms with Crippen molar-refractivity contribution in [1.82, 2.24) is 19.4 Å². The molecule has 1 aliphatic rings. The first-order chi connectivity index (χ1) is 11.6. The van der Waals surface area contributed by atoms with Crippen LogP contribution in [0.1, 0.15) is 25.6 Å². The number of carbonyl (C=O) groups is 1. The van der Waals surface area contributed by atoms with E-state index < -0.39 is 0 Å². The Balaban J connectivity index is 1.48. The molecule has 0 aromatic carbocycles. The highest BCUT2D eigenvalue weighted by molar-refractivity contribution is 5.93. The number of piperidine rings is 1. The van der Waals surface area contributed by atoms with E-state index in [2.05, 4.69) is 24.8 Å². The molecule has 0 aliphatic carbocycles. The maximum atomic E-state index is 12.4. The molecule has 0 spiro atoms. The summed E-state index contributed by atoms with van der Waals surface area (Å²) >= 11 is 0. The Labute approximate surface area is 142 Å². The summed E-state index contributed by atoms with van der Waals surface area (Å²) in [5.41, 5.74) is 0. The average molecular weight is 327 g/mol. The molecule has 2 aromatic heterocycles. The smallest absolute Gasteiger partial charge is 0.242 e. The van der Waals surface area contributed by atoms with Crippen LogP contribution in [0.3, 0.4) is 0 Å². The number of amides is 1. The van der Waals surface area contributed by atoms with Gasteiger partial charge in [0.2, 0.25) is 5.91 Å². The summed E-state index contributed by atoms with van der Waals surface area (Å²) in [4.78, 5) is 23.1. The average Bonchev–Trinajstić information content (AvgIpc) is 3.00. The van der Waals surface area contributed by atoms with Gasteiger partial charge in [0.05, 0.1) is 6.04 Å². The topological polar surface area (TPSA) is 63.1 Å². The number of carbonyl (C=O) groups excluding carboxylic acids is 1. The van der Waals surface area contributed by atoms with Crippen LogP contribution in [0, 0.1) is 12.8 Å². The molecule has 6 nitrogen and oxygen atoms in total. The van der Waals surface area contributed by atoms with E-state index in [4.69, 9.17) is 0 Å². The molecule has 1 amide bonds. The van der Waals surface area contributed by atoms with Crippen LogP contribution in [-0.4, -0.2) is 44.5 Å². The Bertz CT molecular complexity index is 661. The predicted octanol–water partition coefficient (Wildman–Crippen LogP) is 2.33. The van der Waals surface area contributed by atoms with Crippen LogP contribution < -0.4 is 5.32 Å². The standard InChI is InChI=1S/C18H25N5O/c1-14(18(24)21-17-5-3-4-8-20-17)22-10-6-16(7-11-22)13-23-12-9-19-15(23)2/h3-5,8-9,12,14,16H,6-7,10-11,13H2,1-2H3,(H,20,21,24)/t14-/m1/s1. The number of anilines is 1. The Morgan fingerprint density at radius 2 is 2.08 bits per heavy atom. The van der Waals surface area contributed by atoms with E-state index >= 15 is 0 Å². The number of nitrogens with one attached hydrogen (secondary N) is 1. The Morgan fingerprint density at radius 1 is 1.29 bits per heavy atom. The third kappa shape index (κ3) is 4.00. The highest BCUT2D eigenvalue weighted by Gasteiger charge is 2.27. The van der Waals surface area contributed by atoms with Gasteiger partial charge in [0.1, 0.15) is 11.6 Å². The van der Waals surface area contributed by atoms with E-state index in [1.807, 2.05) is 44.4 Å². The molecule has 24 heavy (non-hydrogen) atoms. The summed E-state index contributed by atoms with van der Waals surface area (Å²) < 4.78 is 2.22. The number of aromatic nitrogens is 3. The Hall–Kier alpha value is -2.21. The van der Waals surface area contributed by atoms with Crippen LogP contribution >= 0.6 is 0 Å². The summed E-state index contributed by atoms with van der Waals surface area (Å²) in [6, 6.07) is 5.38. The fourth-order valence-corrected chi connectivity index (χ4v) is 3.23. The molecule has 3 heterocycles. The normalized spacial score (nSPS) is 17.6. The molecule has 1 N–H and O–H groups in total. The summed E-state index contributed by atoms with van der Waals surface area (Å²) in [5.74, 6) is 2.35. The van der Waals surface area contributed by atoms with Gasteiger partial charge in [0.25, 0.3) is 0 Å². The van der Waals surface area contributed by atoms with Crippen LogP contribution in [0.25, 0.3) is 0 Å². The van der Waals surface area contributed by atoms with Crippen LogP contribution in [0.5, 0.6) is 0 Å². The number of hydrogen-bond donors (Lipinski definition) is 1. The van der Waals surface area contributed by atoms with Crippen molar-refractivity contribution >= 4 is 11.7 Å². The molecule has 0 bridgehead atoms. The van der Waals surface area contributed by atoms with E-state index in [9.17, 15) is 4.79 Å². The maximum Gasteiger partial charge on any atom is 0.242 e. The molecule has 0 saturated carbocycles. The lowest BCUT2D eigenvalue weighted by atomic mass is 9.95. The molecule has 3 rings (SSSR count). The van der Waals surface area contributed by atoms with Gasteiger partial charge in [-0.1, -0.05) is 6.07 Å². The molecular formula is C18H25N5O. The van der Waals surface area contributed by atoms with E-state index in [0.29, 0.717) is 11.7 Å². The van der Waals surface area contributed by atoms with Gasteiger partial charge in [-0.2, -0.15) is 0 Å². The minimum absolute atomic E-state index is 0.0117. The lowest BCUT2D eigenvalue weighted by molar-refractivity contribution is -0.121. The van der Waals surface area contributed by atoms with Gasteiger partial charge >= 0.3 is 0 Å². The lowest BCUT2D eigenvalue weighted by Gasteiger charge is -2.35. The zero-order chi connectivity index (χ0) is 16.9.